The van der Waals surface area contributed by atoms with Crippen molar-refractivity contribution >= 4 is 22.9 Å². The Balaban J connectivity index is 1.97. The molecule has 0 aliphatic carbocycles. The van der Waals surface area contributed by atoms with Crippen molar-refractivity contribution in [2.75, 3.05) is 5.32 Å². The number of aryl methyl sites for hydroxylation is 1. The van der Waals surface area contributed by atoms with Crippen LogP contribution in [-0.2, 0) is 6.54 Å². The Bertz CT molecular complexity index is 856. The molecule has 118 valence electrons. The normalized spacial score (nSPS) is 10.9. The van der Waals surface area contributed by atoms with Gasteiger partial charge in [0.2, 0.25) is 5.95 Å². The number of aromatic nitrogens is 2. The second-order valence-corrected chi connectivity index (χ2v) is 5.18. The van der Waals surface area contributed by atoms with Gasteiger partial charge in [0.25, 0.3) is 5.91 Å². The van der Waals surface area contributed by atoms with Crippen LogP contribution in [0.25, 0.3) is 11.0 Å². The number of rotatable bonds is 4. The first-order valence-corrected chi connectivity index (χ1v) is 7.31. The minimum absolute atomic E-state index is 0.327. The predicted octanol–water partition coefficient (Wildman–Crippen LogP) is 3.98. The van der Waals surface area contributed by atoms with Gasteiger partial charge in [-0.15, -0.1) is 0 Å². The van der Waals surface area contributed by atoms with Gasteiger partial charge in [0.05, 0.1) is 11.0 Å². The highest BCUT2D eigenvalue weighted by Gasteiger charge is 2.14. The fourth-order valence-electron chi connectivity index (χ4n) is 2.42. The van der Waals surface area contributed by atoms with Gasteiger partial charge >= 0.3 is 0 Å². The average molecular weight is 315 g/mol. The highest BCUT2D eigenvalue weighted by Crippen LogP contribution is 2.22. The number of halogens is 2. The molecule has 0 unspecified atom stereocenters. The third-order valence-corrected chi connectivity index (χ3v) is 3.49. The Labute approximate surface area is 131 Å². The smallest absolute Gasteiger partial charge is 0.257 e. The van der Waals surface area contributed by atoms with E-state index in [9.17, 15) is 13.6 Å². The number of fused-ring (bicyclic) bond motifs is 1. The summed E-state index contributed by atoms with van der Waals surface area (Å²) < 4.78 is 28.2. The molecule has 23 heavy (non-hydrogen) atoms. The van der Waals surface area contributed by atoms with Gasteiger partial charge in [-0.3, -0.25) is 10.1 Å². The Morgan fingerprint density at radius 2 is 1.83 bits per heavy atom. The lowest BCUT2D eigenvalue weighted by Gasteiger charge is -2.09. The van der Waals surface area contributed by atoms with Crippen LogP contribution in [0.3, 0.4) is 0 Å². The van der Waals surface area contributed by atoms with Crippen LogP contribution in [0.1, 0.15) is 23.7 Å². The zero-order chi connectivity index (χ0) is 16.4. The lowest BCUT2D eigenvalue weighted by atomic mass is 10.2. The Morgan fingerprint density at radius 3 is 2.52 bits per heavy atom. The minimum Gasteiger partial charge on any atom is -0.310 e. The van der Waals surface area contributed by atoms with Gasteiger partial charge in [0, 0.05) is 12.1 Å². The van der Waals surface area contributed by atoms with Gasteiger partial charge in [-0.2, -0.15) is 0 Å². The molecule has 0 fully saturated rings. The summed E-state index contributed by atoms with van der Waals surface area (Å²) in [5.41, 5.74) is 1.56. The zero-order valence-electron chi connectivity index (χ0n) is 12.5. The fourth-order valence-corrected chi connectivity index (χ4v) is 2.42. The van der Waals surface area contributed by atoms with E-state index in [1.165, 1.54) is 36.4 Å². The SMILES string of the molecule is CCCn1c(NC(=O)c2ccc(F)cc2)nc2ccc(F)cc21. The minimum atomic E-state index is -0.407. The average Bonchev–Trinajstić information content (AvgIpc) is 2.85. The fraction of sp³-hybridized carbons (Fsp3) is 0.176. The van der Waals surface area contributed by atoms with E-state index >= 15 is 0 Å². The largest absolute Gasteiger partial charge is 0.310 e. The molecule has 0 spiro atoms. The third-order valence-electron chi connectivity index (χ3n) is 3.49. The summed E-state index contributed by atoms with van der Waals surface area (Å²) in [5, 5.41) is 2.71. The summed E-state index contributed by atoms with van der Waals surface area (Å²) in [7, 11) is 0. The van der Waals surface area contributed by atoms with Crippen molar-refractivity contribution in [2.24, 2.45) is 0 Å². The Kier molecular flexibility index (Phi) is 4.06. The van der Waals surface area contributed by atoms with E-state index in [2.05, 4.69) is 10.3 Å². The van der Waals surface area contributed by atoms with Gasteiger partial charge in [-0.25, -0.2) is 13.8 Å². The van der Waals surface area contributed by atoms with Crippen LogP contribution in [0.5, 0.6) is 0 Å². The number of benzene rings is 2. The molecule has 2 aromatic carbocycles. The first-order valence-electron chi connectivity index (χ1n) is 7.31. The number of nitrogens with one attached hydrogen (secondary N) is 1. The molecule has 0 saturated carbocycles. The van der Waals surface area contributed by atoms with Gasteiger partial charge < -0.3 is 4.57 Å². The lowest BCUT2D eigenvalue weighted by Crippen LogP contribution is -2.16. The maximum atomic E-state index is 13.5. The van der Waals surface area contributed by atoms with Crippen molar-refractivity contribution in [2.45, 2.75) is 19.9 Å². The molecule has 0 bridgehead atoms. The van der Waals surface area contributed by atoms with E-state index in [-0.39, 0.29) is 5.82 Å². The number of amides is 1. The zero-order valence-corrected chi connectivity index (χ0v) is 12.5. The predicted molar refractivity (Wildman–Crippen MR) is 84.3 cm³/mol. The maximum absolute atomic E-state index is 13.5. The van der Waals surface area contributed by atoms with Crippen molar-refractivity contribution in [1.82, 2.24) is 9.55 Å². The van der Waals surface area contributed by atoms with E-state index in [4.69, 9.17) is 0 Å². The molecule has 0 atom stereocenters. The van der Waals surface area contributed by atoms with E-state index < -0.39 is 11.7 Å². The van der Waals surface area contributed by atoms with Crippen LogP contribution in [0.2, 0.25) is 0 Å². The molecule has 3 aromatic rings. The van der Waals surface area contributed by atoms with Crippen LogP contribution in [0.15, 0.2) is 42.5 Å². The number of carbonyl (C=O) groups excluding carboxylic acids is 1. The molecule has 3 rings (SSSR count). The molecular formula is C17H15F2N3O. The molecule has 1 N–H and O–H groups in total. The van der Waals surface area contributed by atoms with Crippen LogP contribution in [0, 0.1) is 11.6 Å². The molecule has 1 heterocycles. The highest BCUT2D eigenvalue weighted by atomic mass is 19.1. The van der Waals surface area contributed by atoms with E-state index in [1.807, 2.05) is 6.92 Å². The third kappa shape index (κ3) is 3.06. The van der Waals surface area contributed by atoms with Crippen LogP contribution >= 0.6 is 0 Å². The summed E-state index contributed by atoms with van der Waals surface area (Å²) in [4.78, 5) is 16.6. The quantitative estimate of drug-likeness (QED) is 0.791. The standard InChI is InChI=1S/C17H15F2N3O/c1-2-9-22-15-10-13(19)7-8-14(15)20-17(22)21-16(23)11-3-5-12(18)6-4-11/h3-8,10H,2,9H2,1H3,(H,20,21,23). The molecule has 4 nitrogen and oxygen atoms in total. The summed E-state index contributed by atoms with van der Waals surface area (Å²) >= 11 is 0. The molecule has 0 aliphatic heterocycles. The number of imidazole rings is 1. The van der Waals surface area contributed by atoms with Gasteiger partial charge in [0.1, 0.15) is 11.6 Å². The van der Waals surface area contributed by atoms with Crippen LogP contribution < -0.4 is 5.32 Å². The molecule has 0 aliphatic rings. The topological polar surface area (TPSA) is 46.9 Å². The molecule has 1 amide bonds. The van der Waals surface area contributed by atoms with Gasteiger partial charge in [-0.1, -0.05) is 6.92 Å². The number of hydrogen-bond donors (Lipinski definition) is 1. The molecule has 0 radical (unpaired) electrons. The van der Waals surface area contributed by atoms with Crippen molar-refractivity contribution in [3.63, 3.8) is 0 Å². The van der Waals surface area contributed by atoms with Crippen LogP contribution in [-0.4, -0.2) is 15.5 Å². The summed E-state index contributed by atoms with van der Waals surface area (Å²) in [5.74, 6) is -0.804. The van der Waals surface area contributed by atoms with Crippen molar-refractivity contribution in [3.8, 4) is 0 Å². The second-order valence-electron chi connectivity index (χ2n) is 5.18. The molecular weight excluding hydrogens is 300 g/mol. The highest BCUT2D eigenvalue weighted by molar-refractivity contribution is 6.04. The van der Waals surface area contributed by atoms with Gasteiger partial charge in [0.15, 0.2) is 0 Å². The summed E-state index contributed by atoms with van der Waals surface area (Å²) in [6, 6.07) is 9.54. The number of carbonyl (C=O) groups is 1. The Morgan fingerprint density at radius 1 is 1.13 bits per heavy atom. The first kappa shape index (κ1) is 15.1. The Hall–Kier alpha value is -2.76. The van der Waals surface area contributed by atoms with Crippen molar-refractivity contribution in [3.05, 3.63) is 59.7 Å². The maximum Gasteiger partial charge on any atom is 0.257 e. The monoisotopic (exact) mass is 315 g/mol. The molecule has 1 aromatic heterocycles. The van der Waals surface area contributed by atoms with Crippen molar-refractivity contribution in [1.29, 1.82) is 0 Å². The number of anilines is 1. The van der Waals surface area contributed by atoms with Crippen LogP contribution in [0.4, 0.5) is 14.7 Å². The first-order chi connectivity index (χ1) is 11.1. The summed E-state index contributed by atoms with van der Waals surface area (Å²) in [6.45, 7) is 2.58. The van der Waals surface area contributed by atoms with E-state index in [0.29, 0.717) is 29.1 Å². The second kappa shape index (κ2) is 6.16. The van der Waals surface area contributed by atoms with E-state index in [0.717, 1.165) is 6.42 Å². The van der Waals surface area contributed by atoms with Crippen molar-refractivity contribution < 1.29 is 13.6 Å². The lowest BCUT2D eigenvalue weighted by molar-refractivity contribution is 0.102. The number of nitrogens with zero attached hydrogens (tertiary/aromatic N) is 2. The molecule has 0 saturated heterocycles. The number of hydrogen-bond acceptors (Lipinski definition) is 2. The van der Waals surface area contributed by atoms with E-state index in [1.54, 1.807) is 10.6 Å². The van der Waals surface area contributed by atoms with Gasteiger partial charge in [-0.05, 0) is 48.9 Å². The molecule has 6 heteroatoms. The summed E-state index contributed by atoms with van der Waals surface area (Å²) in [6.07, 6.45) is 0.807.